The van der Waals surface area contributed by atoms with Crippen molar-refractivity contribution in [2.24, 2.45) is 5.73 Å². The van der Waals surface area contributed by atoms with Crippen LogP contribution in [0.25, 0.3) is 0 Å². The summed E-state index contributed by atoms with van der Waals surface area (Å²) in [6.45, 7) is 4.04. The number of hydrogen-bond donors (Lipinski definition) is 5. The molecule has 1 aliphatic rings. The molecule has 3 aromatic carbocycles. The van der Waals surface area contributed by atoms with Gasteiger partial charge >= 0.3 is 5.97 Å². The molecule has 1 saturated heterocycles. The highest BCUT2D eigenvalue weighted by Crippen LogP contribution is 2.24. The number of carbonyl (C=O) groups excluding carboxylic acids is 3. The van der Waals surface area contributed by atoms with Gasteiger partial charge in [-0.1, -0.05) is 60.7 Å². The van der Waals surface area contributed by atoms with Crippen LogP contribution in [0.3, 0.4) is 0 Å². The van der Waals surface area contributed by atoms with Crippen LogP contribution in [0, 0.1) is 13.8 Å². The third-order valence-electron chi connectivity index (χ3n) is 8.07. The van der Waals surface area contributed by atoms with Gasteiger partial charge in [0.05, 0.1) is 6.04 Å². The van der Waals surface area contributed by atoms with Crippen LogP contribution < -0.4 is 16.4 Å². The van der Waals surface area contributed by atoms with E-state index >= 15 is 0 Å². The summed E-state index contributed by atoms with van der Waals surface area (Å²) in [6.07, 6.45) is 1.47. The number of nitrogens with two attached hydrogens (primary N) is 1. The van der Waals surface area contributed by atoms with E-state index in [2.05, 4.69) is 10.6 Å². The Morgan fingerprint density at radius 2 is 1.41 bits per heavy atom. The van der Waals surface area contributed by atoms with Gasteiger partial charge in [-0.15, -0.1) is 0 Å². The minimum Gasteiger partial charge on any atom is -0.508 e. The highest BCUT2D eigenvalue weighted by Gasteiger charge is 2.38. The van der Waals surface area contributed by atoms with Gasteiger partial charge in [-0.25, -0.2) is 4.79 Å². The first-order valence-electron chi connectivity index (χ1n) is 14.8. The molecule has 44 heavy (non-hydrogen) atoms. The van der Waals surface area contributed by atoms with Crippen molar-refractivity contribution in [1.82, 2.24) is 15.5 Å². The average Bonchev–Trinajstić information content (AvgIpc) is 3.49. The predicted molar refractivity (Wildman–Crippen MR) is 166 cm³/mol. The van der Waals surface area contributed by atoms with Crippen molar-refractivity contribution in [3.05, 3.63) is 101 Å². The van der Waals surface area contributed by atoms with Gasteiger partial charge in [0.15, 0.2) is 0 Å². The smallest absolute Gasteiger partial charge is 0.326 e. The number of carboxylic acid groups (broad SMARTS) is 1. The summed E-state index contributed by atoms with van der Waals surface area (Å²) in [4.78, 5) is 54.2. The normalized spacial score (nSPS) is 16.5. The van der Waals surface area contributed by atoms with Crippen molar-refractivity contribution >= 4 is 23.7 Å². The van der Waals surface area contributed by atoms with E-state index < -0.39 is 42.0 Å². The van der Waals surface area contributed by atoms with Crippen molar-refractivity contribution in [3.8, 4) is 5.75 Å². The number of carbonyl (C=O) groups is 4. The summed E-state index contributed by atoms with van der Waals surface area (Å²) in [7, 11) is 0. The Labute approximate surface area is 257 Å². The summed E-state index contributed by atoms with van der Waals surface area (Å²) in [5, 5.41) is 25.1. The molecule has 1 fully saturated rings. The molecule has 232 valence electrons. The lowest BCUT2D eigenvalue weighted by Gasteiger charge is -2.29. The minimum atomic E-state index is -1.20. The first-order chi connectivity index (χ1) is 21.0. The van der Waals surface area contributed by atoms with E-state index in [0.29, 0.717) is 19.4 Å². The lowest BCUT2D eigenvalue weighted by atomic mass is 9.95. The predicted octanol–water partition coefficient (Wildman–Crippen LogP) is 2.41. The molecule has 0 aliphatic carbocycles. The molecule has 0 spiro atoms. The minimum absolute atomic E-state index is 0.0800. The Kier molecular flexibility index (Phi) is 10.7. The first-order valence-corrected chi connectivity index (χ1v) is 14.8. The standard InChI is InChI=1S/C34H40N4O6/c1-21-16-25(39)17-22(2)26(21)20-27(35)33(42)38-15-9-14-30(38)32(41)36-28(18-23-10-5-3-6-11-23)31(40)37-29(34(43)44)19-24-12-7-4-8-13-24/h3-8,10-13,16-17,27-30,39H,9,14-15,18-20,35H2,1-2H3,(H,36,41)(H,37,40)(H,43,44)/t27-,28-,29-,30-/m0/s1. The number of rotatable bonds is 12. The second kappa shape index (κ2) is 14.7. The van der Waals surface area contributed by atoms with E-state index in [4.69, 9.17) is 5.73 Å². The monoisotopic (exact) mass is 600 g/mol. The number of nitrogens with zero attached hydrogens (tertiary/aromatic N) is 1. The molecular formula is C34H40N4O6. The molecule has 0 aromatic heterocycles. The van der Waals surface area contributed by atoms with Gasteiger partial charge in [-0.3, -0.25) is 14.4 Å². The number of aliphatic carboxylic acids is 1. The SMILES string of the molecule is Cc1cc(O)cc(C)c1C[C@H](N)C(=O)N1CCC[C@H]1C(=O)N[C@@H](Cc1ccccc1)C(=O)N[C@@H](Cc1ccccc1)C(=O)O. The number of aromatic hydroxyl groups is 1. The van der Waals surface area contributed by atoms with Gasteiger partial charge in [0.25, 0.3) is 0 Å². The maximum absolute atomic E-state index is 13.6. The fraction of sp³-hybridized carbons (Fsp3) is 0.353. The van der Waals surface area contributed by atoms with Crippen LogP contribution in [-0.4, -0.2) is 69.5 Å². The molecule has 1 heterocycles. The van der Waals surface area contributed by atoms with Crippen LogP contribution in [0.4, 0.5) is 0 Å². The third kappa shape index (κ3) is 8.23. The molecule has 3 aromatic rings. The molecule has 0 radical (unpaired) electrons. The number of phenols is 1. The highest BCUT2D eigenvalue weighted by molar-refractivity contribution is 5.94. The van der Waals surface area contributed by atoms with E-state index in [0.717, 1.165) is 27.8 Å². The van der Waals surface area contributed by atoms with E-state index in [1.807, 2.05) is 50.2 Å². The number of benzene rings is 3. The molecule has 6 N–H and O–H groups in total. The highest BCUT2D eigenvalue weighted by atomic mass is 16.4. The average molecular weight is 601 g/mol. The maximum Gasteiger partial charge on any atom is 0.326 e. The van der Waals surface area contributed by atoms with E-state index in [1.165, 1.54) is 4.90 Å². The largest absolute Gasteiger partial charge is 0.508 e. The van der Waals surface area contributed by atoms with Gasteiger partial charge in [0.1, 0.15) is 23.9 Å². The lowest BCUT2D eigenvalue weighted by Crippen LogP contribution is -2.57. The summed E-state index contributed by atoms with van der Waals surface area (Å²) in [5.74, 6) is -2.54. The van der Waals surface area contributed by atoms with Crippen molar-refractivity contribution in [1.29, 1.82) is 0 Å². The quantitative estimate of drug-likeness (QED) is 0.213. The topological polar surface area (TPSA) is 162 Å². The van der Waals surface area contributed by atoms with Crippen molar-refractivity contribution < 1.29 is 29.4 Å². The number of likely N-dealkylation sites (tertiary alicyclic amines) is 1. The van der Waals surface area contributed by atoms with Crippen molar-refractivity contribution in [2.75, 3.05) is 6.54 Å². The number of carboxylic acids is 1. The molecule has 3 amide bonds. The van der Waals surface area contributed by atoms with Gasteiger partial charge in [-0.2, -0.15) is 0 Å². The van der Waals surface area contributed by atoms with Crippen molar-refractivity contribution in [2.45, 2.75) is 70.1 Å². The zero-order chi connectivity index (χ0) is 31.8. The summed E-state index contributed by atoms with van der Waals surface area (Å²) >= 11 is 0. The Bertz CT molecular complexity index is 1460. The van der Waals surface area contributed by atoms with Crippen LogP contribution in [0.15, 0.2) is 72.8 Å². The van der Waals surface area contributed by atoms with Gasteiger partial charge in [-0.05, 0) is 73.1 Å². The maximum atomic E-state index is 13.6. The molecule has 0 saturated carbocycles. The molecule has 10 heteroatoms. The van der Waals surface area contributed by atoms with E-state index in [-0.39, 0.29) is 30.9 Å². The van der Waals surface area contributed by atoms with Crippen LogP contribution in [0.1, 0.15) is 40.7 Å². The van der Waals surface area contributed by atoms with Crippen LogP contribution in [0.2, 0.25) is 0 Å². The van der Waals surface area contributed by atoms with Gasteiger partial charge in [0, 0.05) is 19.4 Å². The third-order valence-corrected chi connectivity index (χ3v) is 8.07. The van der Waals surface area contributed by atoms with Gasteiger partial charge < -0.3 is 31.5 Å². The zero-order valence-electron chi connectivity index (χ0n) is 25.0. The van der Waals surface area contributed by atoms with Crippen LogP contribution >= 0.6 is 0 Å². The fourth-order valence-electron chi connectivity index (χ4n) is 5.76. The number of hydrogen-bond acceptors (Lipinski definition) is 6. The van der Waals surface area contributed by atoms with Crippen LogP contribution in [-0.2, 0) is 38.4 Å². The van der Waals surface area contributed by atoms with Crippen LogP contribution in [0.5, 0.6) is 5.75 Å². The molecule has 4 rings (SSSR count). The summed E-state index contributed by atoms with van der Waals surface area (Å²) < 4.78 is 0. The first kappa shape index (κ1) is 32.2. The zero-order valence-corrected chi connectivity index (χ0v) is 25.0. The molecular weight excluding hydrogens is 560 g/mol. The second-order valence-corrected chi connectivity index (χ2v) is 11.4. The van der Waals surface area contributed by atoms with E-state index in [1.54, 1.807) is 36.4 Å². The fourth-order valence-corrected chi connectivity index (χ4v) is 5.76. The molecule has 1 aliphatic heterocycles. The Morgan fingerprint density at radius 1 is 0.864 bits per heavy atom. The lowest BCUT2D eigenvalue weighted by molar-refractivity contribution is -0.143. The number of nitrogens with one attached hydrogen (secondary N) is 2. The Hall–Kier alpha value is -4.70. The number of amides is 3. The molecule has 0 bridgehead atoms. The van der Waals surface area contributed by atoms with Crippen molar-refractivity contribution in [3.63, 3.8) is 0 Å². The molecule has 10 nitrogen and oxygen atoms in total. The van der Waals surface area contributed by atoms with E-state index in [9.17, 15) is 29.4 Å². The molecule has 0 unspecified atom stereocenters. The van der Waals surface area contributed by atoms with Gasteiger partial charge in [0.2, 0.25) is 17.7 Å². The summed E-state index contributed by atoms with van der Waals surface area (Å²) in [6, 6.07) is 17.3. The second-order valence-electron chi connectivity index (χ2n) is 11.4. The number of aryl methyl sites for hydroxylation is 2. The molecule has 4 atom stereocenters. The Morgan fingerprint density at radius 3 is 1.95 bits per heavy atom. The Balaban J connectivity index is 1.48. The summed E-state index contributed by atoms with van der Waals surface area (Å²) in [5.41, 5.74) is 10.4. The number of phenolic OH excluding ortho intramolecular Hbond substituents is 1.